The fraction of sp³-hybridized carbons (Fsp3) is 0.885. The number of aliphatic carboxylic acids is 3. The summed E-state index contributed by atoms with van der Waals surface area (Å²) in [4.78, 5) is 26.7. The molecule has 34 heavy (non-hydrogen) atoms. The summed E-state index contributed by atoms with van der Waals surface area (Å²) < 4.78 is 8.29. The van der Waals surface area contributed by atoms with Gasteiger partial charge in [-0.25, -0.2) is 0 Å². The molecule has 0 saturated carbocycles. The number of hydrogen-bond donors (Lipinski definition) is 0. The normalized spacial score (nSPS) is 8.59. The molecule has 0 rings (SSSR count). The van der Waals surface area contributed by atoms with Crippen LogP contribution < -0.4 is 15.3 Å². The van der Waals surface area contributed by atoms with Gasteiger partial charge in [-0.3, -0.25) is 0 Å². The zero-order chi connectivity index (χ0) is 27.6. The van der Waals surface area contributed by atoms with Crippen LogP contribution in [0.2, 0.25) is 22.2 Å². The van der Waals surface area contributed by atoms with E-state index in [1.165, 1.54) is 64.2 Å². The van der Waals surface area contributed by atoms with Crippen molar-refractivity contribution in [3.05, 3.63) is 0 Å². The molecule has 0 saturated heterocycles. The third-order valence-corrected chi connectivity index (χ3v) is 17.2. The Hall–Kier alpha value is 0.00740. The van der Waals surface area contributed by atoms with E-state index in [4.69, 9.17) is 29.7 Å². The molecule has 0 radical (unpaired) electrons. The van der Waals surface area contributed by atoms with E-state index < -0.39 is 37.7 Å². The van der Waals surface area contributed by atoms with Crippen LogP contribution in [0.4, 0.5) is 0 Å². The SMILES string of the molecule is CC(=O)[O-].CC(=O)[O-].CC(=O)[O-].CCC[CH2][Sn+2][CH2]CCC.CCC[CH2][Sn+]([CH2]CCC)[CH2]CCC. The predicted molar refractivity (Wildman–Crippen MR) is 142 cm³/mol. The summed E-state index contributed by atoms with van der Waals surface area (Å²) in [7, 11) is 0. The molecule has 0 aliphatic heterocycles. The first-order chi connectivity index (χ1) is 16.0. The van der Waals surface area contributed by atoms with Crippen LogP contribution in [-0.2, 0) is 14.4 Å². The van der Waals surface area contributed by atoms with Crippen molar-refractivity contribution < 1.29 is 29.7 Å². The van der Waals surface area contributed by atoms with Gasteiger partial charge in [0.05, 0.1) is 0 Å². The van der Waals surface area contributed by atoms with Crippen LogP contribution in [0.5, 0.6) is 0 Å². The van der Waals surface area contributed by atoms with Gasteiger partial charge in [0.15, 0.2) is 0 Å². The Morgan fingerprint density at radius 1 is 0.529 bits per heavy atom. The molecule has 0 N–H and O–H groups in total. The van der Waals surface area contributed by atoms with Gasteiger partial charge in [0, 0.05) is 17.9 Å². The molecule has 0 fully saturated rings. The number of carbonyl (C=O) groups is 3. The molecule has 8 heteroatoms. The molecule has 0 heterocycles. The van der Waals surface area contributed by atoms with Gasteiger partial charge in [-0.05, 0) is 20.8 Å². The van der Waals surface area contributed by atoms with E-state index in [0.29, 0.717) is 0 Å². The second kappa shape index (κ2) is 43.1. The summed E-state index contributed by atoms with van der Waals surface area (Å²) in [5.74, 6) is -3.25. The van der Waals surface area contributed by atoms with Gasteiger partial charge in [0.2, 0.25) is 0 Å². The van der Waals surface area contributed by atoms with Crippen molar-refractivity contribution in [3.8, 4) is 0 Å². The van der Waals surface area contributed by atoms with Crippen molar-refractivity contribution >= 4 is 58.8 Å². The number of unbranched alkanes of at least 4 members (excludes halogenated alkanes) is 5. The fourth-order valence-electron chi connectivity index (χ4n) is 2.38. The summed E-state index contributed by atoms with van der Waals surface area (Å²) in [6.45, 7) is 14.5. The van der Waals surface area contributed by atoms with E-state index in [1.54, 1.807) is 22.2 Å². The summed E-state index contributed by atoms with van der Waals surface area (Å²) in [5.41, 5.74) is 0. The Labute approximate surface area is 229 Å². The molecular weight excluding hydrogens is 646 g/mol. The zero-order valence-electron chi connectivity index (χ0n) is 23.6. The Morgan fingerprint density at radius 3 is 0.912 bits per heavy atom. The molecule has 0 aromatic heterocycles. The van der Waals surface area contributed by atoms with Gasteiger partial charge in [-0.1, -0.05) is 0 Å². The first kappa shape index (κ1) is 44.0. The Kier molecular flexibility index (Phi) is 55.8. The number of hydrogen-bond acceptors (Lipinski definition) is 6. The van der Waals surface area contributed by atoms with Crippen molar-refractivity contribution in [3.63, 3.8) is 0 Å². The molecule has 0 aliphatic rings. The average molecular weight is 700 g/mol. The summed E-state index contributed by atoms with van der Waals surface area (Å²) >= 11 is -0.690. The van der Waals surface area contributed by atoms with E-state index in [9.17, 15) is 0 Å². The summed E-state index contributed by atoms with van der Waals surface area (Å²) in [6.07, 6.45) is 14.7. The van der Waals surface area contributed by atoms with Crippen LogP contribution in [0.3, 0.4) is 0 Å². The van der Waals surface area contributed by atoms with E-state index in [1.807, 2.05) is 0 Å². The molecule has 0 aromatic rings. The first-order valence-corrected chi connectivity index (χ1v) is 23.1. The maximum atomic E-state index is 8.89. The second-order valence-corrected chi connectivity index (χ2v) is 20.8. The van der Waals surface area contributed by atoms with E-state index in [0.717, 1.165) is 20.8 Å². The molecule has 0 aliphatic carbocycles. The topological polar surface area (TPSA) is 120 Å². The van der Waals surface area contributed by atoms with Gasteiger partial charge in [-0.15, -0.1) is 0 Å². The Balaban J connectivity index is -0.000000115. The van der Waals surface area contributed by atoms with E-state index in [-0.39, 0.29) is 21.1 Å². The van der Waals surface area contributed by atoms with Crippen LogP contribution in [0.15, 0.2) is 0 Å². The molecular formula is C26H54O6Sn2. The second-order valence-electron chi connectivity index (χ2n) is 7.99. The average Bonchev–Trinajstić information content (AvgIpc) is 2.72. The fourth-order valence-corrected chi connectivity index (χ4v) is 16.0. The molecule has 0 spiro atoms. The van der Waals surface area contributed by atoms with Crippen LogP contribution in [-0.4, -0.2) is 58.8 Å². The van der Waals surface area contributed by atoms with Gasteiger partial charge in [0.25, 0.3) is 0 Å². The zero-order valence-corrected chi connectivity index (χ0v) is 29.3. The molecule has 0 aromatic carbocycles. The number of carboxylic acid groups (broad SMARTS) is 3. The van der Waals surface area contributed by atoms with E-state index in [2.05, 4.69) is 34.6 Å². The summed E-state index contributed by atoms with van der Waals surface area (Å²) in [5, 5.41) is 26.7. The molecule has 6 nitrogen and oxygen atoms in total. The standard InChI is InChI=1S/5C4H9.3C2H4O2.2Sn/c5*1-3-4-2;3*1-2(3)4;;/h5*1,3-4H2,2H3;3*1H3,(H,3,4);;/q;;;;;;;;+1;+2/p-3. The number of rotatable bonds is 15. The Bertz CT molecular complexity index is 341. The van der Waals surface area contributed by atoms with Crippen LogP contribution in [0, 0.1) is 0 Å². The van der Waals surface area contributed by atoms with Gasteiger partial charge >= 0.3 is 162 Å². The molecule has 0 atom stereocenters. The third-order valence-electron chi connectivity index (χ3n) is 4.07. The van der Waals surface area contributed by atoms with Crippen LogP contribution in [0.25, 0.3) is 0 Å². The quantitative estimate of drug-likeness (QED) is 0.186. The van der Waals surface area contributed by atoms with Crippen LogP contribution >= 0.6 is 0 Å². The predicted octanol–water partition coefficient (Wildman–Crippen LogP) is 4.28. The van der Waals surface area contributed by atoms with E-state index >= 15 is 0 Å². The molecule has 202 valence electrons. The van der Waals surface area contributed by atoms with Crippen LogP contribution in [0.1, 0.15) is 120 Å². The first-order valence-electron chi connectivity index (χ1n) is 13.0. The van der Waals surface area contributed by atoms with Gasteiger partial charge in [-0.2, -0.15) is 0 Å². The Morgan fingerprint density at radius 2 is 0.735 bits per heavy atom. The number of carbonyl (C=O) groups excluding carboxylic acids is 3. The molecule has 0 bridgehead atoms. The van der Waals surface area contributed by atoms with Crippen molar-refractivity contribution in [1.82, 2.24) is 0 Å². The van der Waals surface area contributed by atoms with Crippen molar-refractivity contribution in [2.45, 2.75) is 142 Å². The minimum absolute atomic E-state index is 0.149. The van der Waals surface area contributed by atoms with Gasteiger partial charge in [0.1, 0.15) is 0 Å². The molecule has 0 amide bonds. The van der Waals surface area contributed by atoms with Crippen molar-refractivity contribution in [2.75, 3.05) is 0 Å². The maximum absolute atomic E-state index is 8.89. The number of carboxylic acids is 3. The third kappa shape index (κ3) is 94.9. The minimum atomic E-state index is -1.08. The van der Waals surface area contributed by atoms with Crippen molar-refractivity contribution in [1.29, 1.82) is 0 Å². The van der Waals surface area contributed by atoms with Crippen molar-refractivity contribution in [2.24, 2.45) is 0 Å². The monoisotopic (exact) mass is 702 g/mol. The summed E-state index contributed by atoms with van der Waals surface area (Å²) in [6, 6.07) is 0. The van der Waals surface area contributed by atoms with Gasteiger partial charge < -0.3 is 29.7 Å². The molecule has 0 unspecified atom stereocenters.